The molecule has 3 aliphatic carbocycles. The van der Waals surface area contributed by atoms with Crippen molar-refractivity contribution in [2.45, 2.75) is 90.9 Å². The van der Waals surface area contributed by atoms with Crippen molar-refractivity contribution in [3.05, 3.63) is 18.6 Å². The molecule has 0 aromatic rings. The molecule has 0 saturated heterocycles. The van der Waals surface area contributed by atoms with E-state index in [-0.39, 0.29) is 26.2 Å². The molecule has 3 fully saturated rings. The molecule has 112 valence electrons. The Hall–Kier alpha value is 0.623. The maximum absolute atomic E-state index is 4.07. The van der Waals surface area contributed by atoms with Gasteiger partial charge in [0.15, 0.2) is 0 Å². The van der Waals surface area contributed by atoms with Gasteiger partial charge in [0.05, 0.1) is 0 Å². The first-order valence-corrected chi connectivity index (χ1v) is 8.62. The summed E-state index contributed by atoms with van der Waals surface area (Å²) in [5.41, 5.74) is 1.43. The predicted octanol–water partition coefficient (Wildman–Crippen LogP) is 6.51. The molecule has 2 atom stereocenters. The molecule has 0 aliphatic heterocycles. The third-order valence-corrected chi connectivity index (χ3v) is 4.82. The summed E-state index contributed by atoms with van der Waals surface area (Å²) in [6, 6.07) is 0. The number of hydrogen-bond donors (Lipinski definition) is 0. The zero-order valence-corrected chi connectivity index (χ0v) is 16.3. The van der Waals surface area contributed by atoms with Gasteiger partial charge in [0.25, 0.3) is 0 Å². The molecule has 3 saturated carbocycles. The van der Waals surface area contributed by atoms with Gasteiger partial charge in [0, 0.05) is 0 Å². The number of allylic oxidation sites excluding steroid dienone is 2. The summed E-state index contributed by atoms with van der Waals surface area (Å²) in [5.74, 6) is 1.34. The third kappa shape index (κ3) is 8.81. The van der Waals surface area contributed by atoms with E-state index in [9.17, 15) is 0 Å². The van der Waals surface area contributed by atoms with E-state index in [1.54, 1.807) is 0 Å². The van der Waals surface area contributed by atoms with Crippen molar-refractivity contribution in [1.29, 1.82) is 0 Å². The van der Waals surface area contributed by atoms with Crippen LogP contribution in [0.5, 0.6) is 0 Å². The minimum absolute atomic E-state index is 0. The van der Waals surface area contributed by atoms with Crippen LogP contribution in [0.1, 0.15) is 90.9 Å². The molecule has 0 amide bonds. The largest absolute Gasteiger partial charge is 4.00 e. The Morgan fingerprint density at radius 2 is 1.20 bits per heavy atom. The van der Waals surface area contributed by atoms with Crippen LogP contribution in [0.25, 0.3) is 0 Å². The van der Waals surface area contributed by atoms with Gasteiger partial charge < -0.3 is 13.0 Å². The van der Waals surface area contributed by atoms with E-state index in [0.29, 0.717) is 5.92 Å². The van der Waals surface area contributed by atoms with E-state index in [1.165, 1.54) is 82.6 Å². The van der Waals surface area contributed by atoms with Crippen LogP contribution in [-0.2, 0) is 26.2 Å². The Balaban J connectivity index is 0.000000282. The van der Waals surface area contributed by atoms with Gasteiger partial charge in [-0.15, -0.1) is 0 Å². The van der Waals surface area contributed by atoms with Gasteiger partial charge in [-0.2, -0.15) is 12.8 Å². The van der Waals surface area contributed by atoms with Crippen molar-refractivity contribution in [1.82, 2.24) is 0 Å². The standard InChI is InChI=1S/C9H14.2C5H10.Zr/c1-4-9-6-5-7(2)8(9)3;2*1-2-4-5-3-1;/h7-8H,3,5-6H2,1-2H3;2*1-5H2;/q-2;;;+4/t7-,8+;;;/m0.../s1. The first-order valence-electron chi connectivity index (χ1n) is 8.62. The molecular weight excluding hydrogens is 319 g/mol. The van der Waals surface area contributed by atoms with Crippen LogP contribution in [-0.4, -0.2) is 0 Å². The first-order chi connectivity index (χ1) is 9.25. The molecule has 20 heavy (non-hydrogen) atoms. The Bertz CT molecular complexity index is 211. The van der Waals surface area contributed by atoms with Gasteiger partial charge in [-0.1, -0.05) is 89.9 Å². The summed E-state index contributed by atoms with van der Waals surface area (Å²) in [6.45, 7) is 8.33. The normalized spacial score (nSPS) is 30.1. The SMILES string of the molecule is C1CCCC1.C1CCCC1.[CH2-][C@H]1C(=[C-]C)CC[C@@H]1C.[Zr+4]. The third-order valence-electron chi connectivity index (χ3n) is 4.82. The monoisotopic (exact) mass is 352 g/mol. The van der Waals surface area contributed by atoms with Crippen molar-refractivity contribution in [2.75, 3.05) is 0 Å². The van der Waals surface area contributed by atoms with Crippen molar-refractivity contribution in [3.8, 4) is 0 Å². The van der Waals surface area contributed by atoms with E-state index in [4.69, 9.17) is 0 Å². The zero-order valence-electron chi connectivity index (χ0n) is 13.8. The van der Waals surface area contributed by atoms with E-state index < -0.39 is 0 Å². The Labute approximate surface area is 147 Å². The molecule has 1 heteroatoms. The quantitative estimate of drug-likeness (QED) is 0.435. The smallest absolute Gasteiger partial charge is 0.503 e. The maximum atomic E-state index is 4.07. The van der Waals surface area contributed by atoms with Gasteiger partial charge >= 0.3 is 26.2 Å². The van der Waals surface area contributed by atoms with Gasteiger partial charge in [-0.25, -0.2) is 0 Å². The van der Waals surface area contributed by atoms with Gasteiger partial charge in [-0.3, -0.25) is 5.57 Å². The minimum atomic E-state index is 0. The van der Waals surface area contributed by atoms with E-state index in [2.05, 4.69) is 19.9 Å². The number of rotatable bonds is 0. The molecule has 0 aromatic heterocycles. The molecule has 0 heterocycles. The van der Waals surface area contributed by atoms with Crippen LogP contribution in [0.4, 0.5) is 0 Å². The molecule has 0 spiro atoms. The number of hydrogen-bond acceptors (Lipinski definition) is 0. The summed E-state index contributed by atoms with van der Waals surface area (Å²) in [4.78, 5) is 0. The van der Waals surface area contributed by atoms with Crippen LogP contribution in [0.3, 0.4) is 0 Å². The average Bonchev–Trinajstić information content (AvgIpc) is 3.16. The molecule has 0 unspecified atom stereocenters. The second-order valence-corrected chi connectivity index (χ2v) is 6.43. The van der Waals surface area contributed by atoms with Gasteiger partial charge in [0.1, 0.15) is 0 Å². The zero-order chi connectivity index (χ0) is 13.9. The minimum Gasteiger partial charge on any atom is -0.503 e. The molecule has 0 nitrogen and oxygen atoms in total. The van der Waals surface area contributed by atoms with E-state index >= 15 is 0 Å². The molecule has 3 rings (SSSR count). The molecular formula is C19H34Zr+2. The topological polar surface area (TPSA) is 0 Å². The molecule has 0 bridgehead atoms. The van der Waals surface area contributed by atoms with Gasteiger partial charge in [0.2, 0.25) is 0 Å². The summed E-state index contributed by atoms with van der Waals surface area (Å²) in [7, 11) is 0. The van der Waals surface area contributed by atoms with Crippen LogP contribution in [0.2, 0.25) is 0 Å². The van der Waals surface area contributed by atoms with Crippen LogP contribution in [0, 0.1) is 24.8 Å². The van der Waals surface area contributed by atoms with E-state index in [0.717, 1.165) is 5.92 Å². The van der Waals surface area contributed by atoms with Crippen molar-refractivity contribution < 1.29 is 26.2 Å². The van der Waals surface area contributed by atoms with E-state index in [1.807, 2.05) is 6.92 Å². The maximum Gasteiger partial charge on any atom is 4.00 e. The summed E-state index contributed by atoms with van der Waals surface area (Å²) in [6.07, 6.45) is 20.7. The first kappa shape index (κ1) is 20.6. The van der Waals surface area contributed by atoms with Gasteiger partial charge in [-0.05, 0) is 0 Å². The molecule has 0 radical (unpaired) electrons. The van der Waals surface area contributed by atoms with Crippen molar-refractivity contribution >= 4 is 0 Å². The molecule has 0 aromatic carbocycles. The fourth-order valence-electron chi connectivity index (χ4n) is 3.19. The second-order valence-electron chi connectivity index (χ2n) is 6.43. The summed E-state index contributed by atoms with van der Waals surface area (Å²) in [5, 5.41) is 0. The van der Waals surface area contributed by atoms with Crippen LogP contribution < -0.4 is 0 Å². The second kappa shape index (κ2) is 13.3. The fraction of sp³-hybridized carbons (Fsp3) is 0.842. The Morgan fingerprint density at radius 3 is 1.35 bits per heavy atom. The van der Waals surface area contributed by atoms with Crippen molar-refractivity contribution in [2.24, 2.45) is 11.8 Å². The van der Waals surface area contributed by atoms with Crippen LogP contribution >= 0.6 is 0 Å². The van der Waals surface area contributed by atoms with Crippen molar-refractivity contribution in [3.63, 3.8) is 0 Å². The van der Waals surface area contributed by atoms with Crippen LogP contribution in [0.15, 0.2) is 5.57 Å². The molecule has 3 aliphatic rings. The summed E-state index contributed by atoms with van der Waals surface area (Å²) >= 11 is 0. The predicted molar refractivity (Wildman–Crippen MR) is 85.8 cm³/mol. The Kier molecular flexibility index (Phi) is 13.7. The molecule has 0 N–H and O–H groups in total. The summed E-state index contributed by atoms with van der Waals surface area (Å²) < 4.78 is 0. The average molecular weight is 354 g/mol. The Morgan fingerprint density at radius 1 is 0.850 bits per heavy atom. The fourth-order valence-corrected chi connectivity index (χ4v) is 3.19.